The zero-order valence-corrected chi connectivity index (χ0v) is 16.2. The van der Waals surface area contributed by atoms with E-state index in [4.69, 9.17) is 4.43 Å². The zero-order valence-electron chi connectivity index (χ0n) is 15.2. The Kier molecular flexibility index (Phi) is 5.52. The zero-order chi connectivity index (χ0) is 16.4. The lowest BCUT2D eigenvalue weighted by molar-refractivity contribution is 0.0480. The molecule has 22 heavy (non-hydrogen) atoms. The maximum absolute atomic E-state index is 6.68. The van der Waals surface area contributed by atoms with Crippen molar-refractivity contribution in [1.29, 1.82) is 0 Å². The summed E-state index contributed by atoms with van der Waals surface area (Å²) in [4.78, 5) is 2.57. The Hall–Kier alpha value is -0.643. The monoisotopic (exact) mass is 319 g/mol. The summed E-state index contributed by atoms with van der Waals surface area (Å²) in [5.74, 6) is 0.715. The van der Waals surface area contributed by atoms with E-state index in [0.29, 0.717) is 12.0 Å². The highest BCUT2D eigenvalue weighted by Gasteiger charge is 2.40. The fourth-order valence-corrected chi connectivity index (χ4v) is 4.41. The van der Waals surface area contributed by atoms with Crippen LogP contribution in [0.1, 0.15) is 39.7 Å². The van der Waals surface area contributed by atoms with Gasteiger partial charge < -0.3 is 4.43 Å². The molecule has 1 saturated heterocycles. The smallest absolute Gasteiger partial charge is 0.192 e. The highest BCUT2D eigenvalue weighted by Crippen LogP contribution is 2.38. The van der Waals surface area contributed by atoms with Gasteiger partial charge in [-0.2, -0.15) is 0 Å². The number of piperidine rings is 1. The van der Waals surface area contributed by atoms with Gasteiger partial charge in [0.1, 0.15) is 0 Å². The van der Waals surface area contributed by atoms with E-state index in [1.54, 1.807) is 0 Å². The van der Waals surface area contributed by atoms with Crippen molar-refractivity contribution < 1.29 is 4.43 Å². The van der Waals surface area contributed by atoms with Gasteiger partial charge in [0, 0.05) is 19.6 Å². The van der Waals surface area contributed by atoms with Crippen molar-refractivity contribution in [3.63, 3.8) is 0 Å². The van der Waals surface area contributed by atoms with Crippen LogP contribution in [0.25, 0.3) is 0 Å². The minimum Gasteiger partial charge on any atom is -0.413 e. The van der Waals surface area contributed by atoms with E-state index in [9.17, 15) is 0 Å². The van der Waals surface area contributed by atoms with Crippen LogP contribution in [0.5, 0.6) is 0 Å². The van der Waals surface area contributed by atoms with E-state index in [-0.39, 0.29) is 5.04 Å². The molecule has 2 atom stereocenters. The van der Waals surface area contributed by atoms with Crippen LogP contribution >= 0.6 is 0 Å². The van der Waals surface area contributed by atoms with Crippen LogP contribution in [0.4, 0.5) is 0 Å². The van der Waals surface area contributed by atoms with Crippen LogP contribution in [-0.2, 0) is 11.0 Å². The van der Waals surface area contributed by atoms with Crippen LogP contribution in [0.3, 0.4) is 0 Å². The summed E-state index contributed by atoms with van der Waals surface area (Å²) in [6.07, 6.45) is 1.60. The molecular formula is C19H33NOSi. The normalized spacial score (nSPS) is 24.5. The molecule has 1 unspecified atom stereocenters. The average molecular weight is 320 g/mol. The summed E-state index contributed by atoms with van der Waals surface area (Å²) < 4.78 is 6.68. The minimum absolute atomic E-state index is 0.290. The Bertz CT molecular complexity index is 466. The third-order valence-corrected chi connectivity index (χ3v) is 9.75. The molecule has 0 aromatic heterocycles. The molecule has 1 aromatic rings. The van der Waals surface area contributed by atoms with Gasteiger partial charge in [0.15, 0.2) is 8.32 Å². The molecule has 124 valence electrons. The van der Waals surface area contributed by atoms with Gasteiger partial charge in [-0.1, -0.05) is 58.0 Å². The molecule has 0 saturated carbocycles. The molecule has 0 aliphatic carbocycles. The summed E-state index contributed by atoms with van der Waals surface area (Å²) in [6, 6.07) is 10.8. The van der Waals surface area contributed by atoms with Crippen molar-refractivity contribution in [1.82, 2.24) is 4.90 Å². The first-order valence-corrected chi connectivity index (χ1v) is 11.5. The molecule has 1 heterocycles. The first-order chi connectivity index (χ1) is 10.2. The van der Waals surface area contributed by atoms with Crippen molar-refractivity contribution in [3.8, 4) is 0 Å². The number of rotatable bonds is 4. The maximum atomic E-state index is 6.68. The molecule has 2 nitrogen and oxygen atoms in total. The predicted octanol–water partition coefficient (Wildman–Crippen LogP) is 4.92. The van der Waals surface area contributed by atoms with Gasteiger partial charge in [0.2, 0.25) is 0 Å². The SMILES string of the molecule is C[C@H]1CC(O[Si](C)(C)C(C)(C)C)CN(Cc2ccccc2)C1. The lowest BCUT2D eigenvalue weighted by Gasteiger charge is -2.44. The van der Waals surface area contributed by atoms with E-state index in [0.717, 1.165) is 13.1 Å². The standard InChI is InChI=1S/C19H33NOSi/c1-16-12-18(21-22(5,6)19(2,3)4)15-20(13-16)14-17-10-8-7-9-11-17/h7-11,16,18H,12-15H2,1-6H3/t16-,18?/m0/s1. The van der Waals surface area contributed by atoms with Crippen molar-refractivity contribution in [2.45, 2.75) is 64.9 Å². The molecule has 0 bridgehead atoms. The fourth-order valence-electron chi connectivity index (χ4n) is 3.05. The van der Waals surface area contributed by atoms with Gasteiger partial charge in [0.05, 0.1) is 6.10 Å². The Labute approximate surface area is 138 Å². The molecule has 2 rings (SSSR count). The van der Waals surface area contributed by atoms with E-state index in [1.807, 2.05) is 0 Å². The van der Waals surface area contributed by atoms with E-state index in [2.05, 4.69) is 76.0 Å². The summed E-state index contributed by atoms with van der Waals surface area (Å²) in [6.45, 7) is 17.4. The van der Waals surface area contributed by atoms with Crippen LogP contribution in [-0.4, -0.2) is 32.4 Å². The topological polar surface area (TPSA) is 12.5 Å². The fraction of sp³-hybridized carbons (Fsp3) is 0.684. The van der Waals surface area contributed by atoms with E-state index >= 15 is 0 Å². The predicted molar refractivity (Wildman–Crippen MR) is 97.6 cm³/mol. The summed E-state index contributed by atoms with van der Waals surface area (Å²) >= 11 is 0. The molecule has 0 radical (unpaired) electrons. The van der Waals surface area contributed by atoms with Crippen LogP contribution < -0.4 is 0 Å². The third kappa shape index (κ3) is 4.67. The number of hydrogen-bond donors (Lipinski definition) is 0. The highest BCUT2D eigenvalue weighted by molar-refractivity contribution is 6.74. The Morgan fingerprint density at radius 2 is 1.77 bits per heavy atom. The third-order valence-electron chi connectivity index (χ3n) is 5.21. The molecule has 0 N–H and O–H groups in total. The van der Waals surface area contributed by atoms with E-state index in [1.165, 1.54) is 18.5 Å². The van der Waals surface area contributed by atoms with Gasteiger partial charge in [0.25, 0.3) is 0 Å². The van der Waals surface area contributed by atoms with Crippen molar-refractivity contribution in [2.75, 3.05) is 13.1 Å². The Morgan fingerprint density at radius 3 is 2.36 bits per heavy atom. The largest absolute Gasteiger partial charge is 0.413 e. The molecule has 0 spiro atoms. The van der Waals surface area contributed by atoms with Gasteiger partial charge in [-0.15, -0.1) is 0 Å². The second-order valence-corrected chi connectivity index (χ2v) is 13.3. The second-order valence-electron chi connectivity index (χ2n) is 8.52. The van der Waals surface area contributed by atoms with Crippen LogP contribution in [0.2, 0.25) is 18.1 Å². The van der Waals surface area contributed by atoms with Crippen molar-refractivity contribution >= 4 is 8.32 Å². The number of benzene rings is 1. The first-order valence-electron chi connectivity index (χ1n) is 8.61. The lowest BCUT2D eigenvalue weighted by Crippen LogP contribution is -2.50. The first kappa shape index (κ1) is 17.7. The molecular weight excluding hydrogens is 286 g/mol. The van der Waals surface area contributed by atoms with E-state index < -0.39 is 8.32 Å². The Balaban J connectivity index is 1.99. The number of nitrogens with zero attached hydrogens (tertiary/aromatic N) is 1. The quantitative estimate of drug-likeness (QED) is 0.730. The number of hydrogen-bond acceptors (Lipinski definition) is 2. The summed E-state index contributed by atoms with van der Waals surface area (Å²) in [7, 11) is -1.67. The molecule has 3 heteroatoms. The molecule has 1 fully saturated rings. The maximum Gasteiger partial charge on any atom is 0.192 e. The molecule has 1 aliphatic rings. The average Bonchev–Trinajstić information content (AvgIpc) is 2.37. The molecule has 1 aromatic carbocycles. The number of likely N-dealkylation sites (tertiary alicyclic amines) is 1. The van der Waals surface area contributed by atoms with Gasteiger partial charge >= 0.3 is 0 Å². The molecule has 1 aliphatic heterocycles. The molecule has 0 amide bonds. The van der Waals surface area contributed by atoms with Crippen molar-refractivity contribution in [2.24, 2.45) is 5.92 Å². The Morgan fingerprint density at radius 1 is 1.14 bits per heavy atom. The van der Waals surface area contributed by atoms with Gasteiger partial charge in [-0.05, 0) is 36.0 Å². The van der Waals surface area contributed by atoms with Crippen LogP contribution in [0.15, 0.2) is 30.3 Å². The minimum atomic E-state index is -1.67. The summed E-state index contributed by atoms with van der Waals surface area (Å²) in [5.41, 5.74) is 1.41. The van der Waals surface area contributed by atoms with Crippen molar-refractivity contribution in [3.05, 3.63) is 35.9 Å². The highest BCUT2D eigenvalue weighted by atomic mass is 28.4. The van der Waals surface area contributed by atoms with Crippen LogP contribution in [0, 0.1) is 5.92 Å². The second kappa shape index (κ2) is 6.86. The lowest BCUT2D eigenvalue weighted by atomic mass is 9.97. The summed E-state index contributed by atoms with van der Waals surface area (Å²) in [5, 5.41) is 0.290. The van der Waals surface area contributed by atoms with Gasteiger partial charge in [-0.25, -0.2) is 0 Å². The van der Waals surface area contributed by atoms with Gasteiger partial charge in [-0.3, -0.25) is 4.90 Å².